The van der Waals surface area contributed by atoms with E-state index in [9.17, 15) is 0 Å². The van der Waals surface area contributed by atoms with E-state index in [0.29, 0.717) is 5.95 Å². The van der Waals surface area contributed by atoms with Crippen LogP contribution in [0.2, 0.25) is 0 Å². The maximum atomic E-state index is 5.04. The van der Waals surface area contributed by atoms with Crippen LogP contribution in [0.3, 0.4) is 0 Å². The maximum absolute atomic E-state index is 5.04. The lowest BCUT2D eigenvalue weighted by Gasteiger charge is -2.22. The van der Waals surface area contributed by atoms with Gasteiger partial charge in [0.05, 0.1) is 22.1 Å². The molecule has 3 aromatic heterocycles. The molecule has 0 aliphatic heterocycles. The largest absolute Gasteiger partial charge is 0.309 e. The van der Waals surface area contributed by atoms with E-state index < -0.39 is 0 Å². The predicted molar refractivity (Wildman–Crippen MR) is 245 cm³/mol. The number of para-hydroxylation sites is 3. The molecular formula is C55H38N4. The highest BCUT2D eigenvalue weighted by atomic mass is 15.1. The number of aromatic nitrogens is 4. The SMILES string of the molecule is CC1(C)c2cc(-c3ccccc3)ccc2-c2ccc(-c3cnc(-n4c5ccccc5c5cc(-c6ccc7c8ccccc8n(-c8ccccc8)c7c6)ccc54)nc3)cc21. The Morgan fingerprint density at radius 2 is 0.847 bits per heavy atom. The highest BCUT2D eigenvalue weighted by molar-refractivity contribution is 6.12. The summed E-state index contributed by atoms with van der Waals surface area (Å²) in [5.41, 5.74) is 17.8. The van der Waals surface area contributed by atoms with Crippen LogP contribution in [0.1, 0.15) is 25.0 Å². The minimum Gasteiger partial charge on any atom is -0.309 e. The average molecular weight is 755 g/mol. The summed E-state index contributed by atoms with van der Waals surface area (Å²) in [6.45, 7) is 4.68. The van der Waals surface area contributed by atoms with E-state index in [1.807, 2.05) is 12.4 Å². The number of rotatable bonds is 5. The molecule has 0 saturated heterocycles. The molecule has 1 aliphatic carbocycles. The van der Waals surface area contributed by atoms with Gasteiger partial charge in [0.1, 0.15) is 0 Å². The minimum atomic E-state index is -0.139. The zero-order valence-electron chi connectivity index (χ0n) is 32.8. The molecule has 0 N–H and O–H groups in total. The number of nitrogens with zero attached hydrogens (tertiary/aromatic N) is 4. The van der Waals surface area contributed by atoms with Crippen LogP contribution in [0.15, 0.2) is 194 Å². The Hall–Kier alpha value is -7.56. The summed E-state index contributed by atoms with van der Waals surface area (Å²) >= 11 is 0. The van der Waals surface area contributed by atoms with Crippen LogP contribution < -0.4 is 0 Å². The number of fused-ring (bicyclic) bond motifs is 9. The van der Waals surface area contributed by atoms with Gasteiger partial charge in [-0.05, 0) is 105 Å². The van der Waals surface area contributed by atoms with Gasteiger partial charge in [0.2, 0.25) is 5.95 Å². The Morgan fingerprint density at radius 3 is 1.54 bits per heavy atom. The van der Waals surface area contributed by atoms with Crippen molar-refractivity contribution >= 4 is 43.6 Å². The van der Waals surface area contributed by atoms with E-state index >= 15 is 0 Å². The van der Waals surface area contributed by atoms with Crippen molar-refractivity contribution in [3.63, 3.8) is 0 Å². The molecule has 0 radical (unpaired) electrons. The summed E-state index contributed by atoms with van der Waals surface area (Å²) in [5.74, 6) is 0.656. The highest BCUT2D eigenvalue weighted by Gasteiger charge is 2.36. The van der Waals surface area contributed by atoms with Gasteiger partial charge in [-0.1, -0.05) is 141 Å². The molecule has 59 heavy (non-hydrogen) atoms. The fraction of sp³-hybridized carbons (Fsp3) is 0.0545. The molecule has 4 nitrogen and oxygen atoms in total. The monoisotopic (exact) mass is 754 g/mol. The van der Waals surface area contributed by atoms with Crippen molar-refractivity contribution in [3.05, 3.63) is 206 Å². The molecule has 3 heterocycles. The topological polar surface area (TPSA) is 35.6 Å². The Balaban J connectivity index is 0.916. The van der Waals surface area contributed by atoms with Gasteiger partial charge >= 0.3 is 0 Å². The molecule has 0 fully saturated rings. The molecular weight excluding hydrogens is 717 g/mol. The average Bonchev–Trinajstić information content (AvgIpc) is 3.89. The first kappa shape index (κ1) is 33.6. The molecule has 8 aromatic carbocycles. The quantitative estimate of drug-likeness (QED) is 0.175. The van der Waals surface area contributed by atoms with Crippen LogP contribution >= 0.6 is 0 Å². The molecule has 0 spiro atoms. The second-order valence-corrected chi connectivity index (χ2v) is 16.3. The third kappa shape index (κ3) is 5.09. The third-order valence-corrected chi connectivity index (χ3v) is 12.6. The molecule has 12 rings (SSSR count). The molecule has 0 saturated carbocycles. The first-order chi connectivity index (χ1) is 29.0. The summed E-state index contributed by atoms with van der Waals surface area (Å²) in [6, 6.07) is 66.0. The Morgan fingerprint density at radius 1 is 0.356 bits per heavy atom. The second kappa shape index (κ2) is 12.7. The summed E-state index contributed by atoms with van der Waals surface area (Å²) in [4.78, 5) is 10.1. The number of hydrogen-bond acceptors (Lipinski definition) is 2. The smallest absolute Gasteiger partial charge is 0.234 e. The zero-order valence-corrected chi connectivity index (χ0v) is 32.8. The van der Waals surface area contributed by atoms with Crippen LogP contribution in [0.4, 0.5) is 0 Å². The van der Waals surface area contributed by atoms with Gasteiger partial charge in [-0.2, -0.15) is 0 Å². The molecule has 278 valence electrons. The highest BCUT2D eigenvalue weighted by Crippen LogP contribution is 2.50. The van der Waals surface area contributed by atoms with Gasteiger partial charge in [0, 0.05) is 50.6 Å². The predicted octanol–water partition coefficient (Wildman–Crippen LogP) is 14.0. The van der Waals surface area contributed by atoms with E-state index in [4.69, 9.17) is 9.97 Å². The summed E-state index contributed by atoms with van der Waals surface area (Å²) in [6.07, 6.45) is 3.95. The van der Waals surface area contributed by atoms with Crippen LogP contribution in [0, 0.1) is 0 Å². The molecule has 0 atom stereocenters. The lowest BCUT2D eigenvalue weighted by molar-refractivity contribution is 0.661. The van der Waals surface area contributed by atoms with E-state index in [1.54, 1.807) is 0 Å². The Kier molecular flexibility index (Phi) is 7.24. The normalized spacial score (nSPS) is 13.1. The molecule has 1 aliphatic rings. The fourth-order valence-electron chi connectivity index (χ4n) is 9.69. The van der Waals surface area contributed by atoms with Crippen molar-refractivity contribution in [2.45, 2.75) is 19.3 Å². The van der Waals surface area contributed by atoms with Gasteiger partial charge in [0.25, 0.3) is 0 Å². The van der Waals surface area contributed by atoms with Gasteiger partial charge in [-0.3, -0.25) is 4.57 Å². The Labute approximate surface area is 342 Å². The third-order valence-electron chi connectivity index (χ3n) is 12.6. The van der Waals surface area contributed by atoms with Crippen molar-refractivity contribution < 1.29 is 0 Å². The molecule has 4 heteroatoms. The molecule has 0 amide bonds. The van der Waals surface area contributed by atoms with Crippen LogP contribution in [-0.2, 0) is 5.41 Å². The summed E-state index contributed by atoms with van der Waals surface area (Å²) in [5, 5.41) is 4.85. The van der Waals surface area contributed by atoms with Gasteiger partial charge < -0.3 is 4.57 Å². The molecule has 0 bridgehead atoms. The van der Waals surface area contributed by atoms with E-state index in [0.717, 1.165) is 27.8 Å². The van der Waals surface area contributed by atoms with Gasteiger partial charge in [-0.15, -0.1) is 0 Å². The van der Waals surface area contributed by atoms with E-state index in [2.05, 4.69) is 205 Å². The van der Waals surface area contributed by atoms with E-state index in [1.165, 1.54) is 77.1 Å². The molecule has 0 unspecified atom stereocenters. The van der Waals surface area contributed by atoms with Crippen molar-refractivity contribution in [2.24, 2.45) is 0 Å². The lowest BCUT2D eigenvalue weighted by atomic mass is 9.81. The zero-order chi connectivity index (χ0) is 39.2. The second-order valence-electron chi connectivity index (χ2n) is 16.3. The van der Waals surface area contributed by atoms with Crippen molar-refractivity contribution in [1.29, 1.82) is 0 Å². The van der Waals surface area contributed by atoms with Crippen LogP contribution in [-0.4, -0.2) is 19.1 Å². The number of hydrogen-bond donors (Lipinski definition) is 0. The molecule has 11 aromatic rings. The standard InChI is InChI=1S/C55H38N4/c1-55(2)48-30-37(35-13-5-3-6-14-35)21-25-42(48)43-26-22-38(31-49(43)55)40-33-56-54(57-34-40)59-51-20-12-10-18-45(51)47-29-36(24-28-52(47)59)39-23-27-46-44-17-9-11-19-50(44)58(53(46)32-39)41-15-7-4-8-16-41/h3-34H,1-2H3. The summed E-state index contributed by atoms with van der Waals surface area (Å²) in [7, 11) is 0. The van der Waals surface area contributed by atoms with Gasteiger partial charge in [0.15, 0.2) is 0 Å². The lowest BCUT2D eigenvalue weighted by Crippen LogP contribution is -2.15. The van der Waals surface area contributed by atoms with Gasteiger partial charge in [-0.25, -0.2) is 9.97 Å². The fourth-order valence-corrected chi connectivity index (χ4v) is 9.69. The minimum absolute atomic E-state index is 0.139. The number of benzene rings is 8. The van der Waals surface area contributed by atoms with Crippen molar-refractivity contribution in [2.75, 3.05) is 0 Å². The van der Waals surface area contributed by atoms with Crippen LogP contribution in [0.25, 0.3) is 99.8 Å². The first-order valence-electron chi connectivity index (χ1n) is 20.3. The Bertz CT molecular complexity index is 3440. The first-order valence-corrected chi connectivity index (χ1v) is 20.3. The van der Waals surface area contributed by atoms with E-state index in [-0.39, 0.29) is 5.41 Å². The summed E-state index contributed by atoms with van der Waals surface area (Å²) < 4.78 is 4.57. The van der Waals surface area contributed by atoms with Crippen molar-refractivity contribution in [3.8, 4) is 56.1 Å². The van der Waals surface area contributed by atoms with Crippen molar-refractivity contribution in [1.82, 2.24) is 19.1 Å². The van der Waals surface area contributed by atoms with Crippen LogP contribution in [0.5, 0.6) is 0 Å². The maximum Gasteiger partial charge on any atom is 0.234 e.